The molecule has 0 bridgehead atoms. The van der Waals surface area contributed by atoms with E-state index in [1.807, 2.05) is 19.1 Å². The van der Waals surface area contributed by atoms with Crippen molar-refractivity contribution in [1.82, 2.24) is 0 Å². The van der Waals surface area contributed by atoms with Crippen LogP contribution in [0.4, 0.5) is 11.4 Å². The van der Waals surface area contributed by atoms with E-state index in [0.717, 1.165) is 36.4 Å². The van der Waals surface area contributed by atoms with Gasteiger partial charge in [0.15, 0.2) is 0 Å². The smallest absolute Gasteiger partial charge is 0.232 e. The predicted octanol–water partition coefficient (Wildman–Crippen LogP) is 1.85. The van der Waals surface area contributed by atoms with Crippen LogP contribution in [0.3, 0.4) is 0 Å². The maximum Gasteiger partial charge on any atom is 0.232 e. The van der Waals surface area contributed by atoms with E-state index in [-0.39, 0.29) is 0 Å². The summed E-state index contributed by atoms with van der Waals surface area (Å²) in [6, 6.07) is 6.10. The summed E-state index contributed by atoms with van der Waals surface area (Å²) in [5.74, 6) is 0. The Labute approximate surface area is 109 Å². The normalized spacial score (nSPS) is 15.4. The number of rotatable bonds is 4. The number of anilines is 2. The molecule has 4 nitrogen and oxygen atoms in total. The molecular weight excluding hydrogens is 248 g/mol. The third-order valence-electron chi connectivity index (χ3n) is 3.51. The van der Waals surface area contributed by atoms with Crippen molar-refractivity contribution in [1.29, 1.82) is 0 Å². The van der Waals surface area contributed by atoms with Crippen molar-refractivity contribution < 1.29 is 8.42 Å². The van der Waals surface area contributed by atoms with Gasteiger partial charge in [0.2, 0.25) is 10.0 Å². The summed E-state index contributed by atoms with van der Waals surface area (Å²) in [6.07, 6.45) is 3.28. The lowest BCUT2D eigenvalue weighted by Crippen LogP contribution is -2.37. The molecule has 1 heterocycles. The van der Waals surface area contributed by atoms with Crippen LogP contribution < -0.4 is 9.21 Å². The number of hydrogen-bond donors (Lipinski definition) is 0. The highest BCUT2D eigenvalue weighted by molar-refractivity contribution is 7.92. The topological polar surface area (TPSA) is 40.6 Å². The molecule has 0 aromatic heterocycles. The van der Waals surface area contributed by atoms with Gasteiger partial charge in [-0.05, 0) is 30.5 Å². The van der Waals surface area contributed by atoms with Crippen molar-refractivity contribution >= 4 is 21.4 Å². The number of hydrogen-bond acceptors (Lipinski definition) is 3. The molecule has 1 aromatic carbocycles. The maximum absolute atomic E-state index is 11.7. The average molecular weight is 268 g/mol. The summed E-state index contributed by atoms with van der Waals surface area (Å²) < 4.78 is 24.7. The highest BCUT2D eigenvalue weighted by Crippen LogP contribution is 2.30. The summed E-state index contributed by atoms with van der Waals surface area (Å²) in [6.45, 7) is 4.17. The minimum atomic E-state index is -3.20. The number of sulfonamides is 1. The molecule has 0 aliphatic carbocycles. The minimum Gasteiger partial charge on any atom is -0.371 e. The average Bonchev–Trinajstić information content (AvgIpc) is 2.24. The van der Waals surface area contributed by atoms with E-state index in [1.54, 1.807) is 7.05 Å². The fraction of sp³-hybridized carbons (Fsp3) is 0.538. The Balaban J connectivity index is 2.42. The third kappa shape index (κ3) is 2.46. The second-order valence-corrected chi connectivity index (χ2v) is 6.75. The number of benzene rings is 1. The molecule has 1 fully saturated rings. The molecule has 1 aliphatic heterocycles. The van der Waals surface area contributed by atoms with Gasteiger partial charge in [-0.3, -0.25) is 4.31 Å². The van der Waals surface area contributed by atoms with Crippen LogP contribution in [-0.4, -0.2) is 34.8 Å². The van der Waals surface area contributed by atoms with Crippen molar-refractivity contribution in [2.75, 3.05) is 35.6 Å². The van der Waals surface area contributed by atoms with Gasteiger partial charge in [0.05, 0.1) is 11.9 Å². The summed E-state index contributed by atoms with van der Waals surface area (Å²) >= 11 is 0. The van der Waals surface area contributed by atoms with Crippen molar-refractivity contribution in [2.24, 2.45) is 0 Å². The van der Waals surface area contributed by atoms with Crippen LogP contribution in [0.25, 0.3) is 0 Å². The first-order valence-electron chi connectivity index (χ1n) is 6.25. The minimum absolute atomic E-state index is 0.796. The Morgan fingerprint density at radius 1 is 1.33 bits per heavy atom. The predicted molar refractivity (Wildman–Crippen MR) is 75.9 cm³/mol. The Kier molecular flexibility index (Phi) is 3.52. The van der Waals surface area contributed by atoms with Gasteiger partial charge in [0, 0.05) is 25.8 Å². The lowest BCUT2D eigenvalue weighted by molar-refractivity contribution is 0.600. The molecule has 1 aliphatic rings. The van der Waals surface area contributed by atoms with Gasteiger partial charge in [-0.2, -0.15) is 0 Å². The Bertz CT molecular complexity index is 536. The van der Waals surface area contributed by atoms with E-state index < -0.39 is 10.0 Å². The molecule has 0 spiro atoms. The standard InChI is InChI=1S/C13H20N2O2S/c1-4-11-6-7-12(15-8-5-9-15)10-13(11)14(2)18(3,16)17/h6-7,10H,4-5,8-9H2,1-3H3. The van der Waals surface area contributed by atoms with Crippen LogP contribution in [-0.2, 0) is 16.4 Å². The number of nitrogens with zero attached hydrogens (tertiary/aromatic N) is 2. The van der Waals surface area contributed by atoms with Crippen LogP contribution >= 0.6 is 0 Å². The van der Waals surface area contributed by atoms with Gasteiger partial charge in [-0.15, -0.1) is 0 Å². The maximum atomic E-state index is 11.7. The molecule has 5 heteroatoms. The van der Waals surface area contributed by atoms with Gasteiger partial charge in [0.1, 0.15) is 0 Å². The monoisotopic (exact) mass is 268 g/mol. The first-order chi connectivity index (χ1) is 8.43. The van der Waals surface area contributed by atoms with E-state index in [1.165, 1.54) is 17.0 Å². The van der Waals surface area contributed by atoms with Gasteiger partial charge in [0.25, 0.3) is 0 Å². The lowest BCUT2D eigenvalue weighted by Gasteiger charge is -2.34. The first kappa shape index (κ1) is 13.2. The van der Waals surface area contributed by atoms with E-state index in [4.69, 9.17) is 0 Å². The molecule has 0 saturated carbocycles. The lowest BCUT2D eigenvalue weighted by atomic mass is 10.1. The second-order valence-electron chi connectivity index (χ2n) is 4.74. The van der Waals surface area contributed by atoms with Crippen LogP contribution in [0.15, 0.2) is 18.2 Å². The Hall–Kier alpha value is -1.23. The largest absolute Gasteiger partial charge is 0.371 e. The fourth-order valence-corrected chi connectivity index (χ4v) is 2.62. The molecule has 18 heavy (non-hydrogen) atoms. The zero-order chi connectivity index (χ0) is 13.3. The third-order valence-corrected chi connectivity index (χ3v) is 4.70. The first-order valence-corrected chi connectivity index (χ1v) is 8.10. The van der Waals surface area contributed by atoms with Crippen molar-refractivity contribution in [3.05, 3.63) is 23.8 Å². The van der Waals surface area contributed by atoms with Crippen molar-refractivity contribution in [3.8, 4) is 0 Å². The molecule has 0 unspecified atom stereocenters. The zero-order valence-corrected chi connectivity index (χ0v) is 12.0. The molecule has 0 atom stereocenters. The Morgan fingerprint density at radius 2 is 2.00 bits per heavy atom. The molecule has 100 valence electrons. The van der Waals surface area contributed by atoms with E-state index in [2.05, 4.69) is 11.0 Å². The van der Waals surface area contributed by atoms with Crippen LogP contribution in [0.2, 0.25) is 0 Å². The molecule has 1 aromatic rings. The van der Waals surface area contributed by atoms with Crippen molar-refractivity contribution in [3.63, 3.8) is 0 Å². The highest BCUT2D eigenvalue weighted by atomic mass is 32.2. The number of aryl methyl sites for hydroxylation is 1. The van der Waals surface area contributed by atoms with E-state index in [0.29, 0.717) is 0 Å². The molecule has 2 rings (SSSR count). The van der Waals surface area contributed by atoms with E-state index in [9.17, 15) is 8.42 Å². The van der Waals surface area contributed by atoms with Crippen LogP contribution in [0, 0.1) is 0 Å². The van der Waals surface area contributed by atoms with Crippen molar-refractivity contribution in [2.45, 2.75) is 19.8 Å². The SMILES string of the molecule is CCc1ccc(N2CCC2)cc1N(C)S(C)(=O)=O. The summed E-state index contributed by atoms with van der Waals surface area (Å²) in [4.78, 5) is 2.26. The summed E-state index contributed by atoms with van der Waals surface area (Å²) in [5.41, 5.74) is 2.97. The van der Waals surface area contributed by atoms with Gasteiger partial charge in [-0.1, -0.05) is 13.0 Å². The fourth-order valence-electron chi connectivity index (χ4n) is 2.09. The van der Waals surface area contributed by atoms with E-state index >= 15 is 0 Å². The second kappa shape index (κ2) is 4.80. The summed E-state index contributed by atoms with van der Waals surface area (Å²) in [5, 5.41) is 0. The quantitative estimate of drug-likeness (QED) is 0.837. The molecule has 0 radical (unpaired) electrons. The molecule has 0 N–H and O–H groups in total. The highest BCUT2D eigenvalue weighted by Gasteiger charge is 2.19. The Morgan fingerprint density at radius 3 is 2.44 bits per heavy atom. The molecule has 0 amide bonds. The van der Waals surface area contributed by atoms with Gasteiger partial charge < -0.3 is 4.90 Å². The summed E-state index contributed by atoms with van der Waals surface area (Å²) in [7, 11) is -1.59. The van der Waals surface area contributed by atoms with Crippen LogP contribution in [0.5, 0.6) is 0 Å². The van der Waals surface area contributed by atoms with Gasteiger partial charge in [-0.25, -0.2) is 8.42 Å². The van der Waals surface area contributed by atoms with Gasteiger partial charge >= 0.3 is 0 Å². The van der Waals surface area contributed by atoms with Crippen LogP contribution in [0.1, 0.15) is 18.9 Å². The zero-order valence-electron chi connectivity index (χ0n) is 11.2. The molecular formula is C13H20N2O2S. The molecule has 1 saturated heterocycles.